The second-order valence-corrected chi connectivity index (χ2v) is 5.05. The van der Waals surface area contributed by atoms with Crippen LogP contribution in [0.25, 0.3) is 0 Å². The van der Waals surface area contributed by atoms with Crippen molar-refractivity contribution in [1.82, 2.24) is 10.2 Å². The van der Waals surface area contributed by atoms with E-state index in [0.717, 1.165) is 19.0 Å². The molecule has 90 valence electrons. The average molecular weight is 213 g/mol. The highest BCUT2D eigenvalue weighted by Gasteiger charge is 2.19. The summed E-state index contributed by atoms with van der Waals surface area (Å²) in [4.78, 5) is 2.25. The van der Waals surface area contributed by atoms with Crippen molar-refractivity contribution in [3.8, 4) is 0 Å². The molecule has 3 N–H and O–H groups in total. The molecule has 1 aliphatic rings. The van der Waals surface area contributed by atoms with E-state index < -0.39 is 0 Å². The molecule has 3 heteroatoms. The summed E-state index contributed by atoms with van der Waals surface area (Å²) in [5.41, 5.74) is 6.22. The van der Waals surface area contributed by atoms with Crippen molar-refractivity contribution in [2.75, 3.05) is 33.7 Å². The van der Waals surface area contributed by atoms with E-state index in [4.69, 9.17) is 5.73 Å². The SMILES string of the molecule is CN(C)CCCCC(N)C1CCNCC1. The van der Waals surface area contributed by atoms with Crippen molar-refractivity contribution < 1.29 is 0 Å². The van der Waals surface area contributed by atoms with Gasteiger partial charge < -0.3 is 16.0 Å². The van der Waals surface area contributed by atoms with Gasteiger partial charge >= 0.3 is 0 Å². The highest BCUT2D eigenvalue weighted by molar-refractivity contribution is 4.78. The second kappa shape index (κ2) is 7.20. The minimum Gasteiger partial charge on any atom is -0.327 e. The molecule has 0 aromatic rings. The van der Waals surface area contributed by atoms with Gasteiger partial charge in [-0.05, 0) is 65.3 Å². The predicted molar refractivity (Wildman–Crippen MR) is 66.0 cm³/mol. The van der Waals surface area contributed by atoms with Crippen LogP contribution in [0, 0.1) is 5.92 Å². The molecular weight excluding hydrogens is 186 g/mol. The molecule has 0 bridgehead atoms. The molecule has 0 aliphatic carbocycles. The molecule has 0 saturated carbocycles. The molecular formula is C12H27N3. The Balaban J connectivity index is 2.04. The van der Waals surface area contributed by atoms with Crippen molar-refractivity contribution in [2.45, 2.75) is 38.1 Å². The summed E-state index contributed by atoms with van der Waals surface area (Å²) in [7, 11) is 4.26. The molecule has 0 radical (unpaired) electrons. The van der Waals surface area contributed by atoms with Crippen LogP contribution in [-0.4, -0.2) is 44.7 Å². The van der Waals surface area contributed by atoms with Crippen molar-refractivity contribution >= 4 is 0 Å². The summed E-state index contributed by atoms with van der Waals surface area (Å²) in [6.07, 6.45) is 6.32. The third kappa shape index (κ3) is 5.50. The van der Waals surface area contributed by atoms with Crippen molar-refractivity contribution in [3.05, 3.63) is 0 Å². The molecule has 0 spiro atoms. The fourth-order valence-corrected chi connectivity index (χ4v) is 2.32. The van der Waals surface area contributed by atoms with Crippen LogP contribution in [0.1, 0.15) is 32.1 Å². The first-order valence-corrected chi connectivity index (χ1v) is 6.31. The van der Waals surface area contributed by atoms with Crippen molar-refractivity contribution in [1.29, 1.82) is 0 Å². The Morgan fingerprint density at radius 1 is 1.27 bits per heavy atom. The zero-order valence-corrected chi connectivity index (χ0v) is 10.3. The first kappa shape index (κ1) is 12.9. The molecule has 0 amide bonds. The monoisotopic (exact) mass is 213 g/mol. The Morgan fingerprint density at radius 2 is 1.93 bits per heavy atom. The Bertz CT molecular complexity index is 153. The lowest BCUT2D eigenvalue weighted by molar-refractivity contribution is 0.298. The third-order valence-electron chi connectivity index (χ3n) is 3.38. The first-order valence-electron chi connectivity index (χ1n) is 6.31. The molecule has 1 aliphatic heterocycles. The summed E-state index contributed by atoms with van der Waals surface area (Å²) >= 11 is 0. The maximum atomic E-state index is 6.22. The van der Waals surface area contributed by atoms with E-state index in [1.54, 1.807) is 0 Å². The van der Waals surface area contributed by atoms with Gasteiger partial charge in [0.1, 0.15) is 0 Å². The largest absolute Gasteiger partial charge is 0.327 e. The van der Waals surface area contributed by atoms with Crippen LogP contribution in [0.4, 0.5) is 0 Å². The summed E-state index contributed by atoms with van der Waals surface area (Å²) in [5.74, 6) is 0.769. The maximum Gasteiger partial charge on any atom is 0.00681 e. The number of rotatable bonds is 6. The maximum absolute atomic E-state index is 6.22. The van der Waals surface area contributed by atoms with Crippen LogP contribution >= 0.6 is 0 Å². The van der Waals surface area contributed by atoms with Gasteiger partial charge in [-0.3, -0.25) is 0 Å². The number of nitrogens with zero attached hydrogens (tertiary/aromatic N) is 1. The summed E-state index contributed by atoms with van der Waals surface area (Å²) in [6.45, 7) is 3.52. The lowest BCUT2D eigenvalue weighted by atomic mass is 9.88. The van der Waals surface area contributed by atoms with Gasteiger partial charge in [0.2, 0.25) is 0 Å². The van der Waals surface area contributed by atoms with Crippen LogP contribution in [0.5, 0.6) is 0 Å². The smallest absolute Gasteiger partial charge is 0.00681 e. The highest BCUT2D eigenvalue weighted by atomic mass is 15.0. The zero-order chi connectivity index (χ0) is 11.1. The lowest BCUT2D eigenvalue weighted by Crippen LogP contribution is -2.38. The van der Waals surface area contributed by atoms with Crippen LogP contribution < -0.4 is 11.1 Å². The normalized spacial score (nSPS) is 20.8. The molecule has 1 heterocycles. The van der Waals surface area contributed by atoms with Gasteiger partial charge in [0.25, 0.3) is 0 Å². The van der Waals surface area contributed by atoms with Crippen molar-refractivity contribution in [2.24, 2.45) is 11.7 Å². The Labute approximate surface area is 94.4 Å². The number of nitrogens with one attached hydrogen (secondary N) is 1. The molecule has 0 aromatic carbocycles. The molecule has 1 saturated heterocycles. The number of hydrogen-bond acceptors (Lipinski definition) is 3. The van der Waals surface area contributed by atoms with E-state index in [2.05, 4.69) is 24.3 Å². The van der Waals surface area contributed by atoms with E-state index in [1.165, 1.54) is 38.6 Å². The molecule has 3 nitrogen and oxygen atoms in total. The second-order valence-electron chi connectivity index (χ2n) is 5.05. The molecule has 0 aromatic heterocycles. The first-order chi connectivity index (χ1) is 7.20. The third-order valence-corrected chi connectivity index (χ3v) is 3.38. The summed E-state index contributed by atoms with van der Waals surface area (Å²) < 4.78 is 0. The molecule has 1 rings (SSSR count). The number of piperidine rings is 1. The number of nitrogens with two attached hydrogens (primary N) is 1. The molecule has 1 fully saturated rings. The Kier molecular flexibility index (Phi) is 6.22. The van der Waals surface area contributed by atoms with Crippen LogP contribution in [0.2, 0.25) is 0 Å². The summed E-state index contributed by atoms with van der Waals surface area (Å²) in [5, 5.41) is 3.39. The minimum atomic E-state index is 0.439. The quantitative estimate of drug-likeness (QED) is 0.648. The van der Waals surface area contributed by atoms with Crippen LogP contribution in [-0.2, 0) is 0 Å². The Morgan fingerprint density at radius 3 is 2.53 bits per heavy atom. The van der Waals surface area contributed by atoms with Gasteiger partial charge in [-0.15, -0.1) is 0 Å². The van der Waals surface area contributed by atoms with E-state index in [-0.39, 0.29) is 0 Å². The van der Waals surface area contributed by atoms with Crippen molar-refractivity contribution in [3.63, 3.8) is 0 Å². The van der Waals surface area contributed by atoms with E-state index >= 15 is 0 Å². The number of hydrogen-bond donors (Lipinski definition) is 2. The Hall–Kier alpha value is -0.120. The fraction of sp³-hybridized carbons (Fsp3) is 1.00. The van der Waals surface area contributed by atoms with E-state index in [9.17, 15) is 0 Å². The molecule has 1 atom stereocenters. The van der Waals surface area contributed by atoms with E-state index in [1.807, 2.05) is 0 Å². The topological polar surface area (TPSA) is 41.3 Å². The number of unbranched alkanes of at least 4 members (excludes halogenated alkanes) is 1. The van der Waals surface area contributed by atoms with Gasteiger partial charge in [-0.2, -0.15) is 0 Å². The van der Waals surface area contributed by atoms with Gasteiger partial charge in [0, 0.05) is 6.04 Å². The van der Waals surface area contributed by atoms with Gasteiger partial charge in [0.15, 0.2) is 0 Å². The van der Waals surface area contributed by atoms with Gasteiger partial charge in [-0.25, -0.2) is 0 Å². The van der Waals surface area contributed by atoms with E-state index in [0.29, 0.717) is 6.04 Å². The fourth-order valence-electron chi connectivity index (χ4n) is 2.32. The minimum absolute atomic E-state index is 0.439. The van der Waals surface area contributed by atoms with Crippen LogP contribution in [0.15, 0.2) is 0 Å². The highest BCUT2D eigenvalue weighted by Crippen LogP contribution is 2.18. The standard InChI is InChI=1S/C12H27N3/c1-15(2)10-4-3-5-12(13)11-6-8-14-9-7-11/h11-12,14H,3-10,13H2,1-2H3. The predicted octanol–water partition coefficient (Wildman–Crippen LogP) is 1.05. The van der Waals surface area contributed by atoms with Gasteiger partial charge in [-0.1, -0.05) is 6.42 Å². The van der Waals surface area contributed by atoms with Gasteiger partial charge in [0.05, 0.1) is 0 Å². The lowest BCUT2D eigenvalue weighted by Gasteiger charge is -2.28. The molecule has 15 heavy (non-hydrogen) atoms. The summed E-state index contributed by atoms with van der Waals surface area (Å²) in [6, 6.07) is 0.439. The molecule has 1 unspecified atom stereocenters. The van der Waals surface area contributed by atoms with Crippen LogP contribution in [0.3, 0.4) is 0 Å². The zero-order valence-electron chi connectivity index (χ0n) is 10.3. The average Bonchev–Trinajstić information content (AvgIpc) is 2.25.